The Morgan fingerprint density at radius 1 is 1.27 bits per heavy atom. The van der Waals surface area contributed by atoms with Gasteiger partial charge in [-0.15, -0.1) is 0 Å². The second kappa shape index (κ2) is 8.03. The van der Waals surface area contributed by atoms with Gasteiger partial charge in [-0.2, -0.15) is 0 Å². The molecule has 0 saturated carbocycles. The Labute approximate surface area is 132 Å². The number of methoxy groups -OCH3 is 2. The molecule has 1 unspecified atom stereocenters. The third-order valence-electron chi connectivity index (χ3n) is 3.98. The fourth-order valence-electron chi connectivity index (χ4n) is 2.89. The van der Waals surface area contributed by atoms with Crippen molar-refractivity contribution in [3.8, 4) is 11.5 Å². The van der Waals surface area contributed by atoms with Crippen molar-refractivity contribution in [3.63, 3.8) is 0 Å². The van der Waals surface area contributed by atoms with Crippen molar-refractivity contribution in [2.24, 2.45) is 5.92 Å². The molecule has 1 fully saturated rings. The van der Waals surface area contributed by atoms with Gasteiger partial charge in [0.25, 0.3) is 0 Å². The first-order chi connectivity index (χ1) is 10.7. The van der Waals surface area contributed by atoms with Crippen molar-refractivity contribution in [3.05, 3.63) is 23.8 Å². The van der Waals surface area contributed by atoms with E-state index in [1.807, 2.05) is 25.1 Å². The minimum Gasteiger partial charge on any atom is -0.493 e. The van der Waals surface area contributed by atoms with Gasteiger partial charge < -0.3 is 14.2 Å². The van der Waals surface area contributed by atoms with Crippen molar-refractivity contribution in [1.29, 1.82) is 0 Å². The highest BCUT2D eigenvalue weighted by Crippen LogP contribution is 2.28. The molecular weight excluding hydrogens is 282 g/mol. The van der Waals surface area contributed by atoms with Crippen LogP contribution in [0.5, 0.6) is 11.5 Å². The van der Waals surface area contributed by atoms with E-state index >= 15 is 0 Å². The van der Waals surface area contributed by atoms with E-state index in [1.54, 1.807) is 14.2 Å². The molecular formula is C17H25NO4. The molecule has 0 amide bonds. The number of hydrogen-bond acceptors (Lipinski definition) is 5. The summed E-state index contributed by atoms with van der Waals surface area (Å²) in [7, 11) is 3.27. The SMILES string of the molecule is CCOC(=O)C1CCCN(Cc2ccc(OC)c(OC)c2)C1. The summed E-state index contributed by atoms with van der Waals surface area (Å²) < 4.78 is 15.7. The molecule has 0 aliphatic carbocycles. The zero-order valence-electron chi connectivity index (χ0n) is 13.6. The maximum Gasteiger partial charge on any atom is 0.310 e. The number of benzene rings is 1. The number of rotatable bonds is 6. The third kappa shape index (κ3) is 4.13. The van der Waals surface area contributed by atoms with Gasteiger partial charge in [0, 0.05) is 13.1 Å². The highest BCUT2D eigenvalue weighted by molar-refractivity contribution is 5.72. The fraction of sp³-hybridized carbons (Fsp3) is 0.588. The highest BCUT2D eigenvalue weighted by Gasteiger charge is 2.26. The molecule has 2 rings (SSSR count). The topological polar surface area (TPSA) is 48.0 Å². The molecule has 0 aromatic heterocycles. The minimum absolute atomic E-state index is 0.00570. The van der Waals surface area contributed by atoms with Crippen LogP contribution in [0.25, 0.3) is 0 Å². The first-order valence-corrected chi connectivity index (χ1v) is 7.77. The van der Waals surface area contributed by atoms with E-state index in [4.69, 9.17) is 14.2 Å². The number of carbonyl (C=O) groups excluding carboxylic acids is 1. The van der Waals surface area contributed by atoms with Gasteiger partial charge in [0.05, 0.1) is 26.7 Å². The average molecular weight is 307 g/mol. The summed E-state index contributed by atoms with van der Waals surface area (Å²) in [5.41, 5.74) is 1.15. The lowest BCUT2D eigenvalue weighted by molar-refractivity contribution is -0.150. The van der Waals surface area contributed by atoms with Crippen LogP contribution in [-0.4, -0.2) is 44.8 Å². The molecule has 0 bridgehead atoms. The van der Waals surface area contributed by atoms with Crippen LogP contribution in [0.3, 0.4) is 0 Å². The number of likely N-dealkylation sites (tertiary alicyclic amines) is 1. The molecule has 1 aromatic rings. The summed E-state index contributed by atoms with van der Waals surface area (Å²) in [5.74, 6) is 1.39. The molecule has 1 saturated heterocycles. The lowest BCUT2D eigenvalue weighted by Crippen LogP contribution is -2.38. The van der Waals surface area contributed by atoms with Gasteiger partial charge in [-0.05, 0) is 44.0 Å². The first kappa shape index (κ1) is 16.6. The Morgan fingerprint density at radius 2 is 2.05 bits per heavy atom. The molecule has 1 aliphatic rings. The van der Waals surface area contributed by atoms with Gasteiger partial charge in [-0.25, -0.2) is 0 Å². The van der Waals surface area contributed by atoms with Crippen LogP contribution in [0.2, 0.25) is 0 Å². The van der Waals surface area contributed by atoms with Crippen LogP contribution in [-0.2, 0) is 16.1 Å². The highest BCUT2D eigenvalue weighted by atomic mass is 16.5. The number of ether oxygens (including phenoxy) is 3. The van der Waals surface area contributed by atoms with E-state index in [2.05, 4.69) is 4.90 Å². The summed E-state index contributed by atoms with van der Waals surface area (Å²) in [4.78, 5) is 14.2. The molecule has 1 aliphatic heterocycles. The lowest BCUT2D eigenvalue weighted by atomic mass is 9.97. The van der Waals surface area contributed by atoms with E-state index in [0.717, 1.165) is 49.5 Å². The molecule has 5 nitrogen and oxygen atoms in total. The largest absolute Gasteiger partial charge is 0.493 e. The van der Waals surface area contributed by atoms with Gasteiger partial charge >= 0.3 is 5.97 Å². The summed E-state index contributed by atoms with van der Waals surface area (Å²) in [6.45, 7) is 4.86. The van der Waals surface area contributed by atoms with Gasteiger partial charge in [0.2, 0.25) is 0 Å². The number of piperidine rings is 1. The van der Waals surface area contributed by atoms with Gasteiger partial charge in [0.1, 0.15) is 0 Å². The smallest absolute Gasteiger partial charge is 0.310 e. The minimum atomic E-state index is -0.0699. The number of carbonyl (C=O) groups is 1. The molecule has 22 heavy (non-hydrogen) atoms. The molecule has 1 atom stereocenters. The lowest BCUT2D eigenvalue weighted by Gasteiger charge is -2.31. The Bertz CT molecular complexity index is 503. The molecule has 122 valence electrons. The summed E-state index contributed by atoms with van der Waals surface area (Å²) in [6, 6.07) is 5.95. The van der Waals surface area contributed by atoms with Crippen molar-refractivity contribution in [1.82, 2.24) is 4.90 Å². The predicted molar refractivity (Wildman–Crippen MR) is 84.2 cm³/mol. The van der Waals surface area contributed by atoms with Crippen LogP contribution in [0.1, 0.15) is 25.3 Å². The monoisotopic (exact) mass is 307 g/mol. The molecule has 0 radical (unpaired) electrons. The van der Waals surface area contributed by atoms with Gasteiger partial charge in [0.15, 0.2) is 11.5 Å². The number of nitrogens with zero attached hydrogens (tertiary/aromatic N) is 1. The molecule has 0 spiro atoms. The maximum atomic E-state index is 11.9. The Morgan fingerprint density at radius 3 is 2.73 bits per heavy atom. The normalized spacial score (nSPS) is 18.8. The van der Waals surface area contributed by atoms with Gasteiger partial charge in [-0.3, -0.25) is 9.69 Å². The Kier molecular flexibility index (Phi) is 6.07. The zero-order valence-corrected chi connectivity index (χ0v) is 13.6. The molecule has 1 aromatic carbocycles. The predicted octanol–water partition coefficient (Wildman–Crippen LogP) is 2.48. The van der Waals surface area contributed by atoms with Crippen LogP contribution >= 0.6 is 0 Å². The van der Waals surface area contributed by atoms with Crippen molar-refractivity contribution in [2.75, 3.05) is 33.9 Å². The maximum absolute atomic E-state index is 11.9. The van der Waals surface area contributed by atoms with Crippen molar-refractivity contribution >= 4 is 5.97 Å². The van der Waals surface area contributed by atoms with Crippen LogP contribution < -0.4 is 9.47 Å². The van der Waals surface area contributed by atoms with Crippen molar-refractivity contribution < 1.29 is 19.0 Å². The van der Waals surface area contributed by atoms with E-state index < -0.39 is 0 Å². The summed E-state index contributed by atoms with van der Waals surface area (Å²) in [6.07, 6.45) is 1.94. The second-order valence-corrected chi connectivity index (χ2v) is 5.52. The summed E-state index contributed by atoms with van der Waals surface area (Å²) in [5, 5.41) is 0. The third-order valence-corrected chi connectivity index (χ3v) is 3.98. The van der Waals surface area contributed by atoms with Crippen LogP contribution in [0.15, 0.2) is 18.2 Å². The molecule has 1 heterocycles. The van der Waals surface area contributed by atoms with E-state index in [1.165, 1.54) is 0 Å². The summed E-state index contributed by atoms with van der Waals surface area (Å²) >= 11 is 0. The Hall–Kier alpha value is -1.75. The molecule has 5 heteroatoms. The fourth-order valence-corrected chi connectivity index (χ4v) is 2.89. The second-order valence-electron chi connectivity index (χ2n) is 5.52. The quantitative estimate of drug-likeness (QED) is 0.756. The van der Waals surface area contributed by atoms with E-state index in [9.17, 15) is 4.79 Å². The first-order valence-electron chi connectivity index (χ1n) is 7.77. The Balaban J connectivity index is 1.99. The average Bonchev–Trinajstić information content (AvgIpc) is 2.55. The van der Waals surface area contributed by atoms with E-state index in [0.29, 0.717) is 6.61 Å². The number of hydrogen-bond donors (Lipinski definition) is 0. The van der Waals surface area contributed by atoms with Crippen molar-refractivity contribution in [2.45, 2.75) is 26.3 Å². The van der Waals surface area contributed by atoms with Crippen LogP contribution in [0.4, 0.5) is 0 Å². The van der Waals surface area contributed by atoms with E-state index in [-0.39, 0.29) is 11.9 Å². The zero-order chi connectivity index (χ0) is 15.9. The molecule has 0 N–H and O–H groups in total. The van der Waals surface area contributed by atoms with Gasteiger partial charge in [-0.1, -0.05) is 6.07 Å². The number of esters is 1. The standard InChI is InChI=1S/C17H25NO4/c1-4-22-17(19)14-6-5-9-18(12-14)11-13-7-8-15(20-2)16(10-13)21-3/h7-8,10,14H,4-6,9,11-12H2,1-3H3. The van der Waals surface area contributed by atoms with Crippen LogP contribution in [0, 0.1) is 5.92 Å².